The molecule has 0 aromatic carbocycles. The summed E-state index contributed by atoms with van der Waals surface area (Å²) < 4.78 is 7.49. The van der Waals surface area contributed by atoms with Crippen LogP contribution >= 0.6 is 11.3 Å². The molecule has 1 aliphatic heterocycles. The number of hydrogen-bond donors (Lipinski definition) is 1. The van der Waals surface area contributed by atoms with Gasteiger partial charge in [0.2, 0.25) is 11.8 Å². The average molecular weight is 314 g/mol. The van der Waals surface area contributed by atoms with E-state index in [1.165, 1.54) is 0 Å². The molecule has 4 heterocycles. The highest BCUT2D eigenvalue weighted by Gasteiger charge is 2.33. The maximum Gasteiger partial charge on any atom is 0.236 e. The van der Waals surface area contributed by atoms with E-state index in [1.807, 2.05) is 31.5 Å². The zero-order valence-corrected chi connectivity index (χ0v) is 13.0. The van der Waals surface area contributed by atoms with Crippen molar-refractivity contribution in [2.45, 2.75) is 19.3 Å². The molecule has 112 valence electrons. The van der Waals surface area contributed by atoms with E-state index >= 15 is 0 Å². The molecule has 1 aliphatic rings. The minimum Gasteiger partial charge on any atom is -0.440 e. The van der Waals surface area contributed by atoms with E-state index in [9.17, 15) is 4.79 Å². The van der Waals surface area contributed by atoms with Gasteiger partial charge in [0.25, 0.3) is 0 Å². The van der Waals surface area contributed by atoms with Crippen molar-refractivity contribution in [1.82, 2.24) is 14.8 Å². The second-order valence-corrected chi connectivity index (χ2v) is 6.26. The lowest BCUT2D eigenvalue weighted by Crippen LogP contribution is -2.24. The number of fused-ring (bicyclic) bond motifs is 1. The molecule has 0 saturated heterocycles. The maximum absolute atomic E-state index is 12.0. The first-order valence-corrected chi connectivity index (χ1v) is 7.84. The molecule has 1 unspecified atom stereocenters. The predicted molar refractivity (Wildman–Crippen MR) is 82.9 cm³/mol. The van der Waals surface area contributed by atoms with Crippen LogP contribution in [0.25, 0.3) is 10.8 Å². The van der Waals surface area contributed by atoms with Crippen LogP contribution in [0, 0.1) is 6.92 Å². The number of nitrogens with zero attached hydrogens (tertiary/aromatic N) is 3. The number of anilines is 1. The fraction of sp³-hybridized carbons (Fsp3) is 0.267. The third-order valence-corrected chi connectivity index (χ3v) is 4.74. The van der Waals surface area contributed by atoms with Gasteiger partial charge < -0.3 is 9.73 Å². The third kappa shape index (κ3) is 1.97. The van der Waals surface area contributed by atoms with Crippen molar-refractivity contribution in [1.29, 1.82) is 0 Å². The zero-order valence-electron chi connectivity index (χ0n) is 12.2. The van der Waals surface area contributed by atoms with Gasteiger partial charge in [0.15, 0.2) is 0 Å². The van der Waals surface area contributed by atoms with Crippen molar-refractivity contribution in [3.8, 4) is 10.8 Å². The van der Waals surface area contributed by atoms with Crippen molar-refractivity contribution in [2.75, 3.05) is 5.32 Å². The smallest absolute Gasteiger partial charge is 0.236 e. The van der Waals surface area contributed by atoms with Crippen molar-refractivity contribution in [3.05, 3.63) is 40.7 Å². The van der Waals surface area contributed by atoms with Crippen LogP contribution in [0.4, 0.5) is 5.82 Å². The van der Waals surface area contributed by atoms with Crippen LogP contribution in [0.3, 0.4) is 0 Å². The van der Waals surface area contributed by atoms with Gasteiger partial charge in [-0.05, 0) is 18.4 Å². The molecule has 7 heteroatoms. The quantitative estimate of drug-likeness (QED) is 0.789. The molecular formula is C15H14N4O2S. The second kappa shape index (κ2) is 4.81. The number of carbonyl (C=O) groups excluding carboxylic acids is 1. The molecule has 1 N–H and O–H groups in total. The largest absolute Gasteiger partial charge is 0.440 e. The van der Waals surface area contributed by atoms with Crippen molar-refractivity contribution >= 4 is 23.1 Å². The Labute approximate surface area is 130 Å². The number of carbonyl (C=O) groups is 1. The summed E-state index contributed by atoms with van der Waals surface area (Å²) >= 11 is 1.58. The predicted octanol–water partition coefficient (Wildman–Crippen LogP) is 2.92. The molecule has 1 atom stereocenters. The lowest BCUT2D eigenvalue weighted by molar-refractivity contribution is -0.116. The summed E-state index contributed by atoms with van der Waals surface area (Å²) in [6, 6.07) is 3.94. The maximum atomic E-state index is 12.0. The lowest BCUT2D eigenvalue weighted by Gasteiger charge is -2.21. The highest BCUT2D eigenvalue weighted by atomic mass is 32.1. The number of amides is 1. The lowest BCUT2D eigenvalue weighted by atomic mass is 9.90. The number of nitrogens with one attached hydrogen (secondary N) is 1. The number of hydrogen-bond acceptors (Lipinski definition) is 5. The van der Waals surface area contributed by atoms with Gasteiger partial charge in [-0.2, -0.15) is 5.10 Å². The molecule has 22 heavy (non-hydrogen) atoms. The van der Waals surface area contributed by atoms with E-state index in [2.05, 4.69) is 15.4 Å². The minimum absolute atomic E-state index is 0.0267. The Balaban J connectivity index is 1.81. The Morgan fingerprint density at radius 2 is 2.36 bits per heavy atom. The van der Waals surface area contributed by atoms with Crippen LogP contribution < -0.4 is 5.32 Å². The van der Waals surface area contributed by atoms with Crippen LogP contribution in [0.1, 0.15) is 29.4 Å². The van der Waals surface area contributed by atoms with Crippen LogP contribution in [-0.2, 0) is 11.8 Å². The number of aryl methyl sites for hydroxylation is 2. The van der Waals surface area contributed by atoms with Crippen LogP contribution in [0.2, 0.25) is 0 Å². The molecule has 0 spiro atoms. The molecule has 3 aromatic rings. The molecular weight excluding hydrogens is 300 g/mol. The number of thiophene rings is 1. The van der Waals surface area contributed by atoms with E-state index in [1.54, 1.807) is 22.2 Å². The summed E-state index contributed by atoms with van der Waals surface area (Å²) in [5.74, 6) is 1.95. The Kier molecular flexibility index (Phi) is 2.90. The zero-order chi connectivity index (χ0) is 15.3. The van der Waals surface area contributed by atoms with E-state index < -0.39 is 0 Å². The van der Waals surface area contributed by atoms with Gasteiger partial charge in [0.05, 0.1) is 16.8 Å². The molecule has 0 aliphatic carbocycles. The minimum atomic E-state index is -0.116. The van der Waals surface area contributed by atoms with Gasteiger partial charge in [0, 0.05) is 24.9 Å². The second-order valence-electron chi connectivity index (χ2n) is 5.31. The first-order valence-electron chi connectivity index (χ1n) is 6.96. The van der Waals surface area contributed by atoms with E-state index in [0.29, 0.717) is 12.3 Å². The highest BCUT2D eigenvalue weighted by Crippen LogP contribution is 2.39. The van der Waals surface area contributed by atoms with Gasteiger partial charge in [0.1, 0.15) is 11.6 Å². The Morgan fingerprint density at radius 1 is 1.50 bits per heavy atom. The molecule has 0 fully saturated rings. The van der Waals surface area contributed by atoms with Gasteiger partial charge in [-0.3, -0.25) is 9.48 Å². The first kappa shape index (κ1) is 13.3. The SMILES string of the molecule is Cc1oc(-c2cccs2)nc1C1CC(=O)Nc2c1cnn2C. The van der Waals surface area contributed by atoms with Crippen LogP contribution in [0.15, 0.2) is 28.1 Å². The van der Waals surface area contributed by atoms with E-state index in [0.717, 1.165) is 27.7 Å². The van der Waals surface area contributed by atoms with Crippen molar-refractivity contribution in [3.63, 3.8) is 0 Å². The monoisotopic (exact) mass is 314 g/mol. The molecule has 3 aromatic heterocycles. The molecule has 0 radical (unpaired) electrons. The highest BCUT2D eigenvalue weighted by molar-refractivity contribution is 7.13. The Bertz CT molecular complexity index is 847. The normalized spacial score (nSPS) is 17.4. The first-order chi connectivity index (χ1) is 10.6. The topological polar surface area (TPSA) is 73.0 Å². The van der Waals surface area contributed by atoms with Crippen molar-refractivity contribution < 1.29 is 9.21 Å². The molecule has 1 amide bonds. The fourth-order valence-electron chi connectivity index (χ4n) is 2.82. The van der Waals surface area contributed by atoms with Gasteiger partial charge in [-0.15, -0.1) is 11.3 Å². The number of oxazole rings is 1. The molecule has 6 nitrogen and oxygen atoms in total. The Morgan fingerprint density at radius 3 is 3.14 bits per heavy atom. The molecule has 4 rings (SSSR count). The molecule has 0 saturated carbocycles. The van der Waals surface area contributed by atoms with Crippen LogP contribution in [-0.4, -0.2) is 20.7 Å². The number of rotatable bonds is 2. The van der Waals surface area contributed by atoms with E-state index in [-0.39, 0.29) is 11.8 Å². The summed E-state index contributed by atoms with van der Waals surface area (Å²) in [5.41, 5.74) is 1.80. The third-order valence-electron chi connectivity index (χ3n) is 3.88. The van der Waals surface area contributed by atoms with Gasteiger partial charge in [-0.25, -0.2) is 4.98 Å². The molecule has 0 bridgehead atoms. The summed E-state index contributed by atoms with van der Waals surface area (Å²) in [5, 5.41) is 9.10. The summed E-state index contributed by atoms with van der Waals surface area (Å²) in [7, 11) is 1.81. The standard InChI is InChI=1S/C15H14N4O2S/c1-8-13(18-15(21-8)11-4-3-5-22-11)9-6-12(20)17-14-10(9)7-16-19(14)2/h3-5,7,9H,6H2,1-2H3,(H,17,20). The summed E-state index contributed by atoms with van der Waals surface area (Å²) in [6.45, 7) is 1.89. The van der Waals surface area contributed by atoms with Gasteiger partial charge >= 0.3 is 0 Å². The summed E-state index contributed by atoms with van der Waals surface area (Å²) in [6.07, 6.45) is 2.15. The number of aromatic nitrogens is 3. The fourth-order valence-corrected chi connectivity index (χ4v) is 3.47. The van der Waals surface area contributed by atoms with Gasteiger partial charge in [-0.1, -0.05) is 6.07 Å². The Hall–Kier alpha value is -2.41. The average Bonchev–Trinajstić information content (AvgIpc) is 3.19. The van der Waals surface area contributed by atoms with E-state index in [4.69, 9.17) is 4.42 Å². The van der Waals surface area contributed by atoms with Crippen molar-refractivity contribution in [2.24, 2.45) is 7.05 Å². The van der Waals surface area contributed by atoms with Crippen LogP contribution in [0.5, 0.6) is 0 Å². The summed E-state index contributed by atoms with van der Waals surface area (Å²) in [4.78, 5) is 17.6.